The molecule has 1 amide bonds. The predicted molar refractivity (Wildman–Crippen MR) is 79.0 cm³/mol. The first kappa shape index (κ1) is 14.9. The van der Waals surface area contributed by atoms with Gasteiger partial charge in [-0.1, -0.05) is 12.1 Å². The van der Waals surface area contributed by atoms with Crippen molar-refractivity contribution in [2.24, 2.45) is 5.84 Å². The number of benzene rings is 1. The molecule has 0 spiro atoms. The van der Waals surface area contributed by atoms with Crippen molar-refractivity contribution in [2.75, 3.05) is 11.4 Å². The van der Waals surface area contributed by atoms with Crippen molar-refractivity contribution in [3.8, 4) is 0 Å². The van der Waals surface area contributed by atoms with E-state index in [0.717, 1.165) is 5.69 Å². The normalized spacial score (nSPS) is 10.2. The molecule has 2 rings (SSSR count). The van der Waals surface area contributed by atoms with Gasteiger partial charge < -0.3 is 4.90 Å². The lowest BCUT2D eigenvalue weighted by Crippen LogP contribution is -2.31. The highest BCUT2D eigenvalue weighted by molar-refractivity contribution is 5.91. The number of hydrogen-bond acceptors (Lipinski definition) is 4. The number of nitrogens with one attached hydrogen (secondary N) is 1. The van der Waals surface area contributed by atoms with Gasteiger partial charge in [-0.25, -0.2) is 15.2 Å². The molecule has 3 N–H and O–H groups in total. The molecule has 1 heterocycles. The summed E-state index contributed by atoms with van der Waals surface area (Å²) < 4.78 is 13.3. The van der Waals surface area contributed by atoms with E-state index in [1.165, 1.54) is 12.1 Å². The topological polar surface area (TPSA) is 71.2 Å². The number of pyridine rings is 1. The summed E-state index contributed by atoms with van der Waals surface area (Å²) in [5.74, 6) is 4.38. The van der Waals surface area contributed by atoms with E-state index < -0.39 is 5.91 Å². The van der Waals surface area contributed by atoms with E-state index in [9.17, 15) is 9.18 Å². The summed E-state index contributed by atoms with van der Waals surface area (Å²) in [6.45, 7) is 3.14. The van der Waals surface area contributed by atoms with Gasteiger partial charge in [-0.05, 0) is 37.3 Å². The largest absolute Gasteiger partial charge is 0.366 e. The maximum absolute atomic E-state index is 13.3. The first-order valence-corrected chi connectivity index (χ1v) is 6.61. The maximum atomic E-state index is 13.3. The number of nitrogens with two attached hydrogens (primary N) is 1. The zero-order chi connectivity index (χ0) is 15.2. The van der Waals surface area contributed by atoms with E-state index >= 15 is 0 Å². The van der Waals surface area contributed by atoms with Crippen molar-refractivity contribution < 1.29 is 9.18 Å². The zero-order valence-corrected chi connectivity index (χ0v) is 11.7. The smallest absolute Gasteiger partial charge is 0.283 e. The molecule has 0 aliphatic carbocycles. The summed E-state index contributed by atoms with van der Waals surface area (Å²) in [7, 11) is 0. The molecule has 2 aromatic rings. The summed E-state index contributed by atoms with van der Waals surface area (Å²) in [4.78, 5) is 17.7. The van der Waals surface area contributed by atoms with E-state index in [4.69, 9.17) is 5.84 Å². The summed E-state index contributed by atoms with van der Waals surface area (Å²) in [6, 6.07) is 11.5. The fourth-order valence-corrected chi connectivity index (χ4v) is 2.02. The third kappa shape index (κ3) is 3.76. The van der Waals surface area contributed by atoms with Crippen LogP contribution in [0.25, 0.3) is 0 Å². The monoisotopic (exact) mass is 288 g/mol. The number of carbonyl (C=O) groups is 1. The van der Waals surface area contributed by atoms with Crippen LogP contribution >= 0.6 is 0 Å². The Balaban J connectivity index is 2.21. The Hall–Kier alpha value is -2.47. The lowest BCUT2D eigenvalue weighted by Gasteiger charge is -2.22. The molecule has 0 unspecified atom stereocenters. The molecular weight excluding hydrogens is 271 g/mol. The van der Waals surface area contributed by atoms with Crippen LogP contribution in [0.1, 0.15) is 23.1 Å². The molecule has 0 saturated heterocycles. The average molecular weight is 288 g/mol. The summed E-state index contributed by atoms with van der Waals surface area (Å²) >= 11 is 0. The average Bonchev–Trinajstić information content (AvgIpc) is 2.52. The molecule has 0 atom stereocenters. The molecule has 0 radical (unpaired) electrons. The van der Waals surface area contributed by atoms with Gasteiger partial charge in [0.05, 0.1) is 12.2 Å². The Bertz CT molecular complexity index is 633. The predicted octanol–water partition coefficient (Wildman–Crippen LogP) is 1.85. The van der Waals surface area contributed by atoms with Gasteiger partial charge in [0.15, 0.2) is 0 Å². The molecule has 1 aromatic heterocycles. The molecule has 0 fully saturated rings. The van der Waals surface area contributed by atoms with Crippen LogP contribution in [-0.2, 0) is 6.54 Å². The number of carbonyl (C=O) groups excluding carboxylic acids is 1. The summed E-state index contributed by atoms with van der Waals surface area (Å²) in [5.41, 5.74) is 3.79. The molecule has 0 aliphatic rings. The van der Waals surface area contributed by atoms with Gasteiger partial charge in [-0.3, -0.25) is 10.2 Å². The van der Waals surface area contributed by atoms with Crippen LogP contribution in [-0.4, -0.2) is 17.4 Å². The Morgan fingerprint density at radius 1 is 1.33 bits per heavy atom. The minimum absolute atomic E-state index is 0.255. The van der Waals surface area contributed by atoms with Crippen LogP contribution in [0.2, 0.25) is 0 Å². The Labute approximate surface area is 122 Å². The van der Waals surface area contributed by atoms with Gasteiger partial charge >= 0.3 is 0 Å². The van der Waals surface area contributed by atoms with Crippen molar-refractivity contribution in [1.29, 1.82) is 0 Å². The molecule has 0 saturated carbocycles. The fraction of sp³-hybridized carbons (Fsp3) is 0.200. The minimum Gasteiger partial charge on any atom is -0.366 e. The molecule has 21 heavy (non-hydrogen) atoms. The standard InChI is InChI=1S/C15H17FN4O/c1-2-20(13-7-3-5-11(16)9-13)10-12-6-4-8-14(18-12)15(21)19-17/h3-9H,2,10,17H2,1H3,(H,19,21). The molecule has 0 aliphatic heterocycles. The Morgan fingerprint density at radius 3 is 2.76 bits per heavy atom. The Morgan fingerprint density at radius 2 is 2.10 bits per heavy atom. The van der Waals surface area contributed by atoms with Crippen LogP contribution in [0, 0.1) is 5.82 Å². The number of aromatic nitrogens is 1. The van der Waals surface area contributed by atoms with Crippen molar-refractivity contribution in [3.05, 3.63) is 59.7 Å². The van der Waals surface area contributed by atoms with Crippen LogP contribution in [0.15, 0.2) is 42.5 Å². The van der Waals surface area contributed by atoms with Crippen LogP contribution < -0.4 is 16.2 Å². The van der Waals surface area contributed by atoms with Crippen LogP contribution in [0.5, 0.6) is 0 Å². The van der Waals surface area contributed by atoms with E-state index in [1.54, 1.807) is 18.2 Å². The van der Waals surface area contributed by atoms with E-state index in [2.05, 4.69) is 10.4 Å². The van der Waals surface area contributed by atoms with Crippen molar-refractivity contribution >= 4 is 11.6 Å². The molecule has 5 nitrogen and oxygen atoms in total. The third-order valence-electron chi connectivity index (χ3n) is 3.08. The summed E-state index contributed by atoms with van der Waals surface area (Å²) in [5, 5.41) is 0. The SMILES string of the molecule is CCN(Cc1cccc(C(=O)NN)n1)c1cccc(F)c1. The lowest BCUT2D eigenvalue weighted by atomic mass is 10.2. The van der Waals surface area contributed by atoms with Crippen LogP contribution in [0.3, 0.4) is 0 Å². The zero-order valence-electron chi connectivity index (χ0n) is 11.7. The second-order valence-electron chi connectivity index (χ2n) is 4.48. The Kier molecular flexibility index (Phi) is 4.84. The highest BCUT2D eigenvalue weighted by Gasteiger charge is 2.10. The number of nitrogens with zero attached hydrogens (tertiary/aromatic N) is 2. The van der Waals surface area contributed by atoms with Gasteiger partial charge in [0.25, 0.3) is 5.91 Å². The molecule has 6 heteroatoms. The third-order valence-corrected chi connectivity index (χ3v) is 3.08. The highest BCUT2D eigenvalue weighted by Crippen LogP contribution is 2.17. The quantitative estimate of drug-likeness (QED) is 0.500. The van der Waals surface area contributed by atoms with Crippen molar-refractivity contribution in [3.63, 3.8) is 0 Å². The first-order valence-electron chi connectivity index (χ1n) is 6.61. The fourth-order valence-electron chi connectivity index (χ4n) is 2.02. The number of halogens is 1. The number of hydrogen-bond donors (Lipinski definition) is 2. The van der Waals surface area contributed by atoms with E-state index in [1.807, 2.05) is 24.0 Å². The highest BCUT2D eigenvalue weighted by atomic mass is 19.1. The first-order chi connectivity index (χ1) is 10.1. The van der Waals surface area contributed by atoms with Gasteiger partial charge in [0.1, 0.15) is 11.5 Å². The maximum Gasteiger partial charge on any atom is 0.283 e. The van der Waals surface area contributed by atoms with Gasteiger partial charge in [-0.2, -0.15) is 0 Å². The summed E-state index contributed by atoms with van der Waals surface area (Å²) in [6.07, 6.45) is 0. The van der Waals surface area contributed by atoms with Gasteiger partial charge in [-0.15, -0.1) is 0 Å². The second-order valence-corrected chi connectivity index (χ2v) is 4.48. The van der Waals surface area contributed by atoms with Gasteiger partial charge in [0.2, 0.25) is 0 Å². The van der Waals surface area contributed by atoms with Crippen LogP contribution in [0.4, 0.5) is 10.1 Å². The minimum atomic E-state index is -0.439. The molecular formula is C15H17FN4O. The number of rotatable bonds is 5. The molecule has 110 valence electrons. The number of anilines is 1. The van der Waals surface area contributed by atoms with E-state index in [0.29, 0.717) is 18.8 Å². The lowest BCUT2D eigenvalue weighted by molar-refractivity contribution is 0.0948. The second kappa shape index (κ2) is 6.81. The van der Waals surface area contributed by atoms with Gasteiger partial charge in [0, 0.05) is 12.2 Å². The number of nitrogen functional groups attached to an aromatic ring is 1. The number of amides is 1. The van der Waals surface area contributed by atoms with Crippen molar-refractivity contribution in [1.82, 2.24) is 10.4 Å². The number of hydrazine groups is 1. The molecule has 0 bridgehead atoms. The van der Waals surface area contributed by atoms with Crippen molar-refractivity contribution in [2.45, 2.75) is 13.5 Å². The van der Waals surface area contributed by atoms with E-state index in [-0.39, 0.29) is 11.5 Å². The molecule has 1 aromatic carbocycles.